The van der Waals surface area contributed by atoms with Crippen molar-refractivity contribution in [3.05, 3.63) is 23.9 Å². The van der Waals surface area contributed by atoms with Gasteiger partial charge in [-0.15, -0.1) is 0 Å². The van der Waals surface area contributed by atoms with Crippen LogP contribution in [-0.2, 0) is 11.2 Å². The van der Waals surface area contributed by atoms with E-state index in [1.807, 2.05) is 6.92 Å². The highest BCUT2D eigenvalue weighted by molar-refractivity contribution is 5.70. The lowest BCUT2D eigenvalue weighted by Gasteiger charge is -2.05. The van der Waals surface area contributed by atoms with Gasteiger partial charge in [-0.25, -0.2) is 4.98 Å². The number of hydrogen-bond donors (Lipinski definition) is 1. The highest BCUT2D eigenvalue weighted by atomic mass is 16.5. The second kappa shape index (κ2) is 4.45. The number of pyridine rings is 1. The van der Waals surface area contributed by atoms with E-state index in [-0.39, 0.29) is 6.42 Å². The minimum atomic E-state index is -0.881. The average molecular weight is 181 g/mol. The third-order valence-electron chi connectivity index (χ3n) is 1.47. The SMILES string of the molecule is CCOc1ncccc1CC(=O)O. The van der Waals surface area contributed by atoms with Crippen LogP contribution in [0, 0.1) is 0 Å². The summed E-state index contributed by atoms with van der Waals surface area (Å²) in [5.41, 5.74) is 0.608. The summed E-state index contributed by atoms with van der Waals surface area (Å²) >= 11 is 0. The van der Waals surface area contributed by atoms with Crippen LogP contribution >= 0.6 is 0 Å². The minimum absolute atomic E-state index is 0.0524. The largest absolute Gasteiger partial charge is 0.481 e. The molecule has 1 N–H and O–H groups in total. The Hall–Kier alpha value is -1.58. The van der Waals surface area contributed by atoms with Crippen molar-refractivity contribution in [2.24, 2.45) is 0 Å². The number of ether oxygens (including phenoxy) is 1. The van der Waals surface area contributed by atoms with Crippen molar-refractivity contribution in [1.29, 1.82) is 0 Å². The zero-order valence-electron chi connectivity index (χ0n) is 7.36. The molecule has 0 bridgehead atoms. The molecule has 0 aliphatic carbocycles. The summed E-state index contributed by atoms with van der Waals surface area (Å²) in [5, 5.41) is 8.58. The van der Waals surface area contributed by atoms with Gasteiger partial charge in [-0.1, -0.05) is 6.07 Å². The van der Waals surface area contributed by atoms with Gasteiger partial charge in [0.25, 0.3) is 0 Å². The number of rotatable bonds is 4. The van der Waals surface area contributed by atoms with E-state index >= 15 is 0 Å². The predicted molar refractivity (Wildman–Crippen MR) is 46.7 cm³/mol. The second-order valence-corrected chi connectivity index (χ2v) is 2.47. The second-order valence-electron chi connectivity index (χ2n) is 2.47. The number of carbonyl (C=O) groups is 1. The van der Waals surface area contributed by atoms with Gasteiger partial charge >= 0.3 is 5.97 Å². The number of aromatic nitrogens is 1. The zero-order valence-corrected chi connectivity index (χ0v) is 7.36. The number of hydrogen-bond acceptors (Lipinski definition) is 3. The maximum atomic E-state index is 10.4. The van der Waals surface area contributed by atoms with Gasteiger partial charge in [0.2, 0.25) is 5.88 Å². The van der Waals surface area contributed by atoms with Gasteiger partial charge in [-0.05, 0) is 13.0 Å². The highest BCUT2D eigenvalue weighted by Crippen LogP contribution is 2.14. The molecule has 0 saturated heterocycles. The van der Waals surface area contributed by atoms with E-state index in [1.165, 1.54) is 0 Å². The van der Waals surface area contributed by atoms with Gasteiger partial charge in [0, 0.05) is 11.8 Å². The monoisotopic (exact) mass is 181 g/mol. The maximum Gasteiger partial charge on any atom is 0.308 e. The smallest absolute Gasteiger partial charge is 0.308 e. The molecular formula is C9H11NO3. The molecule has 0 aliphatic heterocycles. The average Bonchev–Trinajstić information content (AvgIpc) is 2.08. The third kappa shape index (κ3) is 2.74. The van der Waals surface area contributed by atoms with Gasteiger partial charge in [0.1, 0.15) is 0 Å². The molecule has 1 heterocycles. The van der Waals surface area contributed by atoms with E-state index in [0.29, 0.717) is 18.1 Å². The Balaban J connectivity index is 2.84. The number of nitrogens with zero attached hydrogens (tertiary/aromatic N) is 1. The number of carboxylic acids is 1. The van der Waals surface area contributed by atoms with E-state index < -0.39 is 5.97 Å². The lowest BCUT2D eigenvalue weighted by atomic mass is 10.2. The van der Waals surface area contributed by atoms with E-state index in [0.717, 1.165) is 0 Å². The van der Waals surface area contributed by atoms with Crippen molar-refractivity contribution in [3.8, 4) is 5.88 Å². The number of carboxylic acid groups (broad SMARTS) is 1. The molecule has 0 aromatic carbocycles. The van der Waals surface area contributed by atoms with E-state index in [9.17, 15) is 4.79 Å². The van der Waals surface area contributed by atoms with Crippen molar-refractivity contribution < 1.29 is 14.6 Å². The Morgan fingerprint density at radius 1 is 1.69 bits per heavy atom. The quantitative estimate of drug-likeness (QED) is 0.755. The van der Waals surface area contributed by atoms with E-state index in [1.54, 1.807) is 18.3 Å². The standard InChI is InChI=1S/C9H11NO3/c1-2-13-9-7(6-8(11)12)4-3-5-10-9/h3-5H,2,6H2,1H3,(H,11,12). The summed E-state index contributed by atoms with van der Waals surface area (Å²) < 4.78 is 5.16. The molecule has 1 aromatic heterocycles. The molecule has 0 radical (unpaired) electrons. The Labute approximate surface area is 76.2 Å². The fraction of sp³-hybridized carbons (Fsp3) is 0.333. The summed E-state index contributed by atoms with van der Waals surface area (Å²) in [6, 6.07) is 3.40. The Morgan fingerprint density at radius 2 is 2.46 bits per heavy atom. The van der Waals surface area contributed by atoms with Crippen molar-refractivity contribution in [1.82, 2.24) is 4.98 Å². The van der Waals surface area contributed by atoms with Crippen LogP contribution < -0.4 is 4.74 Å². The first-order chi connectivity index (χ1) is 6.24. The summed E-state index contributed by atoms with van der Waals surface area (Å²) in [6.07, 6.45) is 1.53. The van der Waals surface area contributed by atoms with Crippen LogP contribution in [0.3, 0.4) is 0 Å². The van der Waals surface area contributed by atoms with Crippen LogP contribution in [-0.4, -0.2) is 22.7 Å². The molecule has 4 nitrogen and oxygen atoms in total. The van der Waals surface area contributed by atoms with Gasteiger partial charge in [-0.2, -0.15) is 0 Å². The molecule has 70 valence electrons. The lowest BCUT2D eigenvalue weighted by Crippen LogP contribution is -2.04. The fourth-order valence-corrected chi connectivity index (χ4v) is 0.988. The predicted octanol–water partition coefficient (Wildman–Crippen LogP) is 1.11. The first-order valence-corrected chi connectivity index (χ1v) is 4.02. The highest BCUT2D eigenvalue weighted by Gasteiger charge is 2.07. The fourth-order valence-electron chi connectivity index (χ4n) is 0.988. The summed E-state index contributed by atoms with van der Waals surface area (Å²) in [6.45, 7) is 2.32. The first-order valence-electron chi connectivity index (χ1n) is 4.02. The van der Waals surface area contributed by atoms with Crippen molar-refractivity contribution >= 4 is 5.97 Å². The summed E-state index contributed by atoms with van der Waals surface area (Å²) in [5.74, 6) is -0.471. The first kappa shape index (κ1) is 9.51. The van der Waals surface area contributed by atoms with Crippen molar-refractivity contribution in [2.45, 2.75) is 13.3 Å². The Morgan fingerprint density at radius 3 is 3.08 bits per heavy atom. The Kier molecular flexibility index (Phi) is 3.25. The van der Waals surface area contributed by atoms with Crippen molar-refractivity contribution in [2.75, 3.05) is 6.61 Å². The summed E-state index contributed by atoms with van der Waals surface area (Å²) in [4.78, 5) is 14.4. The molecular weight excluding hydrogens is 170 g/mol. The van der Waals surface area contributed by atoms with Gasteiger partial charge in [-0.3, -0.25) is 4.79 Å². The molecule has 0 spiro atoms. The summed E-state index contributed by atoms with van der Waals surface area (Å²) in [7, 11) is 0. The molecule has 1 aromatic rings. The Bertz CT molecular complexity index is 299. The van der Waals surface area contributed by atoms with Crippen molar-refractivity contribution in [3.63, 3.8) is 0 Å². The third-order valence-corrected chi connectivity index (χ3v) is 1.47. The lowest BCUT2D eigenvalue weighted by molar-refractivity contribution is -0.136. The normalized spacial score (nSPS) is 9.62. The van der Waals surface area contributed by atoms with Crippen LogP contribution in [0.4, 0.5) is 0 Å². The van der Waals surface area contributed by atoms with Crippen LogP contribution in [0.2, 0.25) is 0 Å². The molecule has 1 rings (SSSR count). The van der Waals surface area contributed by atoms with Crippen LogP contribution in [0.25, 0.3) is 0 Å². The molecule has 0 amide bonds. The molecule has 0 saturated carbocycles. The molecule has 4 heteroatoms. The number of aliphatic carboxylic acids is 1. The topological polar surface area (TPSA) is 59.4 Å². The molecule has 0 atom stereocenters. The van der Waals surface area contributed by atoms with E-state index in [4.69, 9.17) is 9.84 Å². The van der Waals surface area contributed by atoms with Crippen LogP contribution in [0.1, 0.15) is 12.5 Å². The molecule has 0 unspecified atom stereocenters. The molecule has 13 heavy (non-hydrogen) atoms. The molecule has 0 fully saturated rings. The molecule has 0 aliphatic rings. The van der Waals surface area contributed by atoms with Crippen LogP contribution in [0.15, 0.2) is 18.3 Å². The zero-order chi connectivity index (χ0) is 9.68. The maximum absolute atomic E-state index is 10.4. The minimum Gasteiger partial charge on any atom is -0.481 e. The van der Waals surface area contributed by atoms with E-state index in [2.05, 4.69) is 4.98 Å². The van der Waals surface area contributed by atoms with Gasteiger partial charge in [0.05, 0.1) is 13.0 Å². The van der Waals surface area contributed by atoms with Crippen LogP contribution in [0.5, 0.6) is 5.88 Å². The van der Waals surface area contributed by atoms with Gasteiger partial charge in [0.15, 0.2) is 0 Å². The van der Waals surface area contributed by atoms with Gasteiger partial charge < -0.3 is 9.84 Å².